The minimum Gasteiger partial charge on any atom is -0.383 e. The molecule has 120 valence electrons. The molecule has 6 heteroatoms. The molecular weight excluding hydrogens is 268 g/mol. The van der Waals surface area contributed by atoms with E-state index in [2.05, 4.69) is 24.3 Å². The number of likely N-dealkylation sites (N-methyl/N-ethyl adjacent to an activating group) is 1. The Morgan fingerprint density at radius 2 is 2.29 bits per heavy atom. The molecule has 1 unspecified atom stereocenters. The lowest BCUT2D eigenvalue weighted by Crippen LogP contribution is -2.31. The fourth-order valence-corrected chi connectivity index (χ4v) is 1.97. The number of hydrogen-bond acceptors (Lipinski definition) is 5. The molecule has 0 aliphatic rings. The molecule has 0 aliphatic carbocycles. The molecule has 21 heavy (non-hydrogen) atoms. The molecule has 0 radical (unpaired) electrons. The highest BCUT2D eigenvalue weighted by atomic mass is 16.5. The number of nitrogens with one attached hydrogen (secondary N) is 1. The van der Waals surface area contributed by atoms with Crippen LogP contribution in [0.2, 0.25) is 0 Å². The highest BCUT2D eigenvalue weighted by Crippen LogP contribution is 2.06. The molecule has 1 aromatic rings. The maximum atomic E-state index is 12.1. The van der Waals surface area contributed by atoms with Gasteiger partial charge in [0.25, 0.3) is 5.56 Å². The van der Waals surface area contributed by atoms with Crippen molar-refractivity contribution < 1.29 is 4.74 Å². The second-order valence-corrected chi connectivity index (χ2v) is 5.33. The molecule has 1 rings (SSSR count). The first-order chi connectivity index (χ1) is 10.1. The van der Waals surface area contributed by atoms with E-state index >= 15 is 0 Å². The Labute approximate surface area is 127 Å². The van der Waals surface area contributed by atoms with Gasteiger partial charge in [0.05, 0.1) is 18.5 Å². The van der Waals surface area contributed by atoms with E-state index in [1.807, 2.05) is 11.9 Å². The lowest BCUT2D eigenvalue weighted by molar-refractivity contribution is 0.206. The molecule has 1 N–H and O–H groups in total. The third kappa shape index (κ3) is 6.27. The van der Waals surface area contributed by atoms with Gasteiger partial charge >= 0.3 is 0 Å². The molecule has 0 saturated heterocycles. The third-order valence-corrected chi connectivity index (χ3v) is 3.44. The average Bonchev–Trinajstić information content (AvgIpc) is 2.49. The largest absolute Gasteiger partial charge is 0.383 e. The van der Waals surface area contributed by atoms with Gasteiger partial charge < -0.3 is 15.0 Å². The molecule has 0 spiro atoms. The zero-order valence-corrected chi connectivity index (χ0v) is 13.6. The van der Waals surface area contributed by atoms with Gasteiger partial charge in [0.2, 0.25) is 0 Å². The zero-order valence-electron chi connectivity index (χ0n) is 13.6. The molecule has 6 nitrogen and oxygen atoms in total. The molecule has 1 aromatic heterocycles. The Bertz CT molecular complexity index is 461. The Morgan fingerprint density at radius 3 is 2.90 bits per heavy atom. The number of aryl methyl sites for hydroxylation is 1. The van der Waals surface area contributed by atoms with Gasteiger partial charge in [-0.1, -0.05) is 6.92 Å². The Morgan fingerprint density at radius 1 is 1.52 bits per heavy atom. The lowest BCUT2D eigenvalue weighted by Gasteiger charge is -2.18. The van der Waals surface area contributed by atoms with Crippen molar-refractivity contribution in [2.24, 2.45) is 0 Å². The molecule has 0 amide bonds. The van der Waals surface area contributed by atoms with E-state index in [1.165, 1.54) is 4.68 Å². The van der Waals surface area contributed by atoms with Crippen LogP contribution in [0.15, 0.2) is 17.1 Å². The van der Waals surface area contributed by atoms with E-state index in [4.69, 9.17) is 4.74 Å². The Kier molecular flexibility index (Phi) is 8.00. The summed E-state index contributed by atoms with van der Waals surface area (Å²) in [5.74, 6) is 0. The standard InChI is InChI=1S/C15H28N4O2/c1-5-7-16-13(2)6-8-19-15(20)11-14(12-17-19)18(3)9-10-21-4/h11-13,16H,5-10H2,1-4H3. The first-order valence-electron chi connectivity index (χ1n) is 7.59. The van der Waals surface area contributed by atoms with Crippen LogP contribution in [0.5, 0.6) is 0 Å². The first-order valence-corrected chi connectivity index (χ1v) is 7.59. The number of rotatable bonds is 10. The number of anilines is 1. The number of ether oxygens (including phenoxy) is 1. The smallest absolute Gasteiger partial charge is 0.268 e. The fourth-order valence-electron chi connectivity index (χ4n) is 1.97. The van der Waals surface area contributed by atoms with E-state index in [-0.39, 0.29) is 5.56 Å². The van der Waals surface area contributed by atoms with Gasteiger partial charge in [0.1, 0.15) is 0 Å². The van der Waals surface area contributed by atoms with Crippen LogP contribution in [0.4, 0.5) is 5.69 Å². The number of hydrogen-bond donors (Lipinski definition) is 1. The van der Waals surface area contributed by atoms with Crippen molar-refractivity contribution >= 4 is 5.69 Å². The normalized spacial score (nSPS) is 12.4. The predicted octanol–water partition coefficient (Wildman–Crippen LogP) is 1.10. The van der Waals surface area contributed by atoms with Crippen molar-refractivity contribution in [3.05, 3.63) is 22.6 Å². The predicted molar refractivity (Wildman–Crippen MR) is 86.0 cm³/mol. The van der Waals surface area contributed by atoms with E-state index < -0.39 is 0 Å². The lowest BCUT2D eigenvalue weighted by atomic mass is 10.2. The van der Waals surface area contributed by atoms with Crippen LogP contribution < -0.4 is 15.8 Å². The topological polar surface area (TPSA) is 59.4 Å². The molecule has 0 aromatic carbocycles. The van der Waals surface area contributed by atoms with Gasteiger partial charge in [-0.25, -0.2) is 4.68 Å². The van der Waals surface area contributed by atoms with Gasteiger partial charge in [-0.15, -0.1) is 0 Å². The summed E-state index contributed by atoms with van der Waals surface area (Å²) in [7, 11) is 3.59. The average molecular weight is 296 g/mol. The van der Waals surface area contributed by atoms with E-state index in [0.717, 1.165) is 31.6 Å². The number of nitrogens with zero attached hydrogens (tertiary/aromatic N) is 3. The van der Waals surface area contributed by atoms with Crippen molar-refractivity contribution in [2.75, 3.05) is 38.8 Å². The third-order valence-electron chi connectivity index (χ3n) is 3.44. The maximum Gasteiger partial charge on any atom is 0.268 e. The second kappa shape index (κ2) is 9.52. The second-order valence-electron chi connectivity index (χ2n) is 5.33. The molecule has 0 bridgehead atoms. The van der Waals surface area contributed by atoms with Gasteiger partial charge in [-0.05, 0) is 26.3 Å². The first kappa shape index (κ1) is 17.7. The van der Waals surface area contributed by atoms with Crippen molar-refractivity contribution in [1.29, 1.82) is 0 Å². The Hall–Kier alpha value is -1.40. The maximum absolute atomic E-state index is 12.1. The molecule has 0 saturated carbocycles. The van der Waals surface area contributed by atoms with Crippen LogP contribution in [0.1, 0.15) is 26.7 Å². The fraction of sp³-hybridized carbons (Fsp3) is 0.733. The summed E-state index contributed by atoms with van der Waals surface area (Å²) >= 11 is 0. The number of aromatic nitrogens is 2. The van der Waals surface area contributed by atoms with Crippen LogP contribution in [-0.2, 0) is 11.3 Å². The quantitative estimate of drug-likeness (QED) is 0.701. The highest BCUT2D eigenvalue weighted by molar-refractivity contribution is 5.41. The van der Waals surface area contributed by atoms with Crippen LogP contribution in [0.25, 0.3) is 0 Å². The van der Waals surface area contributed by atoms with Gasteiger partial charge in [-0.2, -0.15) is 5.10 Å². The van der Waals surface area contributed by atoms with Gasteiger partial charge in [-0.3, -0.25) is 4.79 Å². The number of methoxy groups -OCH3 is 1. The van der Waals surface area contributed by atoms with Gasteiger partial charge in [0.15, 0.2) is 0 Å². The minimum absolute atomic E-state index is 0.0561. The summed E-state index contributed by atoms with van der Waals surface area (Å²) in [4.78, 5) is 14.0. The van der Waals surface area contributed by atoms with E-state index in [0.29, 0.717) is 19.2 Å². The summed E-state index contributed by atoms with van der Waals surface area (Å²) in [5, 5.41) is 7.66. The summed E-state index contributed by atoms with van der Waals surface area (Å²) in [6, 6.07) is 2.02. The molecule has 0 aliphatic heterocycles. The summed E-state index contributed by atoms with van der Waals surface area (Å²) in [5.41, 5.74) is 0.768. The molecular formula is C15H28N4O2. The van der Waals surface area contributed by atoms with Gasteiger partial charge in [0, 0.05) is 39.4 Å². The molecule has 0 fully saturated rings. The van der Waals surface area contributed by atoms with Crippen molar-refractivity contribution in [1.82, 2.24) is 15.1 Å². The minimum atomic E-state index is -0.0561. The monoisotopic (exact) mass is 296 g/mol. The van der Waals surface area contributed by atoms with Crippen LogP contribution >= 0.6 is 0 Å². The van der Waals surface area contributed by atoms with Crippen LogP contribution in [0, 0.1) is 0 Å². The van der Waals surface area contributed by atoms with E-state index in [1.54, 1.807) is 19.4 Å². The van der Waals surface area contributed by atoms with Crippen LogP contribution in [-0.4, -0.2) is 49.7 Å². The Balaban J connectivity index is 2.56. The van der Waals surface area contributed by atoms with Crippen molar-refractivity contribution in [2.45, 2.75) is 39.3 Å². The molecule has 1 atom stereocenters. The van der Waals surface area contributed by atoms with Crippen molar-refractivity contribution in [3.63, 3.8) is 0 Å². The van der Waals surface area contributed by atoms with E-state index in [9.17, 15) is 4.79 Å². The summed E-state index contributed by atoms with van der Waals surface area (Å²) in [6.45, 7) is 7.28. The van der Waals surface area contributed by atoms with Crippen LogP contribution in [0.3, 0.4) is 0 Å². The summed E-state index contributed by atoms with van der Waals surface area (Å²) < 4.78 is 6.56. The summed E-state index contributed by atoms with van der Waals surface area (Å²) in [6.07, 6.45) is 3.75. The molecule has 1 heterocycles. The van der Waals surface area contributed by atoms with Crippen molar-refractivity contribution in [3.8, 4) is 0 Å². The zero-order chi connectivity index (χ0) is 15.7. The SMILES string of the molecule is CCCNC(C)CCn1ncc(N(C)CCOC)cc1=O. The highest BCUT2D eigenvalue weighted by Gasteiger charge is 2.06.